The maximum atomic E-state index is 3.00. The Bertz CT molecular complexity index is 5730. The molecule has 12 aliphatic carbocycles. The van der Waals surface area contributed by atoms with Crippen LogP contribution in [0.25, 0.3) is 163 Å². The summed E-state index contributed by atoms with van der Waals surface area (Å²) >= 11 is 0. The van der Waals surface area contributed by atoms with Crippen molar-refractivity contribution in [3.8, 4) is 0 Å². The molecule has 4 heteroatoms. The SMILES string of the molecule is CC1C2c3cc4c5c6c7c8c9c%10c6c4c4c3C3=C6c%11c%12c%13c%14c%15c(c9c9c%16c8c(c8/c(c%17c%18c%19c(c(c%11c%11c%19c%19c%17c8c%16c(c%149)c%19c%13%11)C62)C1C%181C[N+](C)(C)C1)=C/CC=5)C7)C%10C4C31C[N+](C)(C)CC%12%151.[I-].[I-]. The average molecular weight is 1110 g/mol. The van der Waals surface area contributed by atoms with Crippen LogP contribution in [0.2, 0.25) is 0 Å². The molecule has 0 amide bonds. The number of fused-ring (bicyclic) bond motifs is 6. The lowest BCUT2D eigenvalue weighted by Crippen LogP contribution is -3.00. The molecule has 0 saturated carbocycles. The van der Waals surface area contributed by atoms with Gasteiger partial charge in [0.15, 0.2) is 0 Å². The van der Waals surface area contributed by atoms with Crippen LogP contribution in [-0.4, -0.2) is 63.3 Å². The average Bonchev–Trinajstić information content (AvgIpc) is 4.33. The number of likely N-dealkylation sites (tertiary alicyclic amines) is 2. The summed E-state index contributed by atoms with van der Waals surface area (Å²) in [5, 5.41) is 48.7. The van der Waals surface area contributed by atoms with Crippen LogP contribution in [-0.2, 0) is 17.3 Å². The first-order valence-electron chi connectivity index (χ1n) is 26.9. The van der Waals surface area contributed by atoms with Crippen molar-refractivity contribution in [1.82, 2.24) is 0 Å². The van der Waals surface area contributed by atoms with Crippen LogP contribution in [0.5, 0.6) is 0 Å². The van der Waals surface area contributed by atoms with E-state index in [1.54, 1.807) is 151 Å². The molecule has 2 fully saturated rings. The summed E-state index contributed by atoms with van der Waals surface area (Å²) in [6, 6.07) is 3.00. The van der Waals surface area contributed by atoms with Crippen LogP contribution in [0.1, 0.15) is 115 Å². The van der Waals surface area contributed by atoms with Gasteiger partial charge in [-0.3, -0.25) is 0 Å². The Morgan fingerprint density at radius 1 is 0.471 bits per heavy atom. The minimum Gasteiger partial charge on any atom is -1.00 e. The smallest absolute Gasteiger partial charge is 0.102 e. The molecule has 2 saturated heterocycles. The highest BCUT2D eigenvalue weighted by Crippen LogP contribution is 2.90. The molecule has 0 N–H and O–H groups in total. The minimum absolute atomic E-state index is 0. The van der Waals surface area contributed by atoms with Crippen LogP contribution in [0, 0.1) is 11.3 Å². The van der Waals surface area contributed by atoms with Crippen LogP contribution >= 0.6 is 0 Å². The first-order chi connectivity index (χ1) is 33.2. The zero-order valence-corrected chi connectivity index (χ0v) is 43.4. The number of halogens is 2. The lowest BCUT2D eigenvalue weighted by Gasteiger charge is -2.59. The van der Waals surface area contributed by atoms with E-state index in [2.05, 4.69) is 53.3 Å². The van der Waals surface area contributed by atoms with Gasteiger partial charge >= 0.3 is 0 Å². The van der Waals surface area contributed by atoms with Crippen LogP contribution in [0.15, 0.2) is 6.07 Å². The van der Waals surface area contributed by atoms with Gasteiger partial charge in [-0.25, -0.2) is 0 Å². The van der Waals surface area contributed by atoms with Gasteiger partial charge in [0.05, 0.1) is 65.2 Å². The highest BCUT2D eigenvalue weighted by atomic mass is 127. The van der Waals surface area contributed by atoms with Crippen molar-refractivity contribution in [2.75, 3.05) is 54.4 Å². The fraction of sp³-hybridized carbons (Fsp3) is 0.303. The number of allylic oxidation sites excluding steroid dienone is 1. The van der Waals surface area contributed by atoms with Crippen molar-refractivity contribution < 1.29 is 56.9 Å². The predicted molar refractivity (Wildman–Crippen MR) is 276 cm³/mol. The molecule has 2 heterocycles. The first-order valence-corrected chi connectivity index (χ1v) is 26.9. The third kappa shape index (κ3) is 2.06. The Labute approximate surface area is 431 Å². The third-order valence-corrected chi connectivity index (χ3v) is 26.4. The molecule has 14 aliphatic rings. The lowest BCUT2D eigenvalue weighted by molar-refractivity contribution is -0.943. The molecule has 28 rings (SSSR count). The maximum absolute atomic E-state index is 3.00. The maximum Gasteiger partial charge on any atom is 0.102 e. The summed E-state index contributed by atoms with van der Waals surface area (Å²) in [5.41, 5.74) is 28.1. The van der Waals surface area contributed by atoms with Gasteiger partial charge < -0.3 is 56.9 Å². The quantitative estimate of drug-likeness (QED) is 0.103. The van der Waals surface area contributed by atoms with Gasteiger partial charge in [-0.2, -0.15) is 0 Å². The monoisotopic (exact) mass is 1110 g/mol. The summed E-state index contributed by atoms with van der Waals surface area (Å²) < 4.78 is 2.27. The highest BCUT2D eigenvalue weighted by molar-refractivity contribution is 6.65. The first kappa shape index (κ1) is 33.2. The standard InChI is InChI=1S/C66H36N2.2HI/c1-15-22-19-9-18-16-7-6-8-17-24-21-10-20-23(16)31-25(18)49-29(19)60-52-30(22)42-48-41-45-38-35(28(17)59-51(45)50(42)58(15)64(59)11-67(2,3)12-64)32(24)36-33-27(21)26(20)34-43(31)53-54-44(34)37(33)46-39(36)40(38)47(41)56-55(46)62(54)66(63(56)57(48)52)14-68(4,5)13-65(60,66)61(49)53;;/h7-9,15,22,30,53,58,61H,6,10-14H2,1-5H3;2*1H/q+2;;/p-2/b16-7?,17-8-;;. The number of hydrogen-bond acceptors (Lipinski definition) is 0. The Hall–Kier alpha value is -4.60. The summed E-state index contributed by atoms with van der Waals surface area (Å²) in [4.78, 5) is 0. The number of likely N-dealkylation sites (N-methyl/N-ethyl adjacent to an activating group) is 2. The Morgan fingerprint density at radius 2 is 1.09 bits per heavy atom. The van der Waals surface area contributed by atoms with Crippen LogP contribution in [0.3, 0.4) is 0 Å². The van der Waals surface area contributed by atoms with E-state index < -0.39 is 0 Å². The van der Waals surface area contributed by atoms with E-state index in [4.69, 9.17) is 0 Å². The van der Waals surface area contributed by atoms with Crippen molar-refractivity contribution in [3.63, 3.8) is 0 Å². The van der Waals surface area contributed by atoms with E-state index in [9.17, 15) is 0 Å². The normalized spacial score (nSPS) is 33.8. The van der Waals surface area contributed by atoms with E-state index in [1.807, 2.05) is 83.1 Å². The Balaban J connectivity index is 0.00000167. The molecule has 14 aromatic rings. The second-order valence-corrected chi connectivity index (χ2v) is 28.6. The number of benzene rings is 10. The minimum atomic E-state index is -0.0206. The van der Waals surface area contributed by atoms with Gasteiger partial charge in [0.2, 0.25) is 0 Å². The zero-order valence-electron chi connectivity index (χ0n) is 39.1. The molecule has 324 valence electrons. The highest BCUT2D eigenvalue weighted by Gasteiger charge is 2.83. The Kier molecular flexibility index (Phi) is 3.73. The third-order valence-electron chi connectivity index (χ3n) is 26.4. The van der Waals surface area contributed by atoms with Crippen molar-refractivity contribution >= 4 is 163 Å². The van der Waals surface area contributed by atoms with Gasteiger partial charge in [0.25, 0.3) is 0 Å². The van der Waals surface area contributed by atoms with Crippen LogP contribution in [0.4, 0.5) is 0 Å². The Morgan fingerprint density at radius 3 is 1.89 bits per heavy atom. The zero-order chi connectivity index (χ0) is 42.2. The molecule has 8 unspecified atom stereocenters. The van der Waals surface area contributed by atoms with E-state index in [1.165, 1.54) is 26.2 Å². The van der Waals surface area contributed by atoms with Crippen molar-refractivity contribution in [3.05, 3.63) is 88.8 Å². The van der Waals surface area contributed by atoms with Crippen LogP contribution < -0.4 is 58.4 Å². The molecule has 0 radical (unpaired) electrons. The molecule has 14 aromatic carbocycles. The fourth-order valence-electron chi connectivity index (χ4n) is 27.0. The van der Waals surface area contributed by atoms with E-state index in [0.717, 1.165) is 21.8 Å². The molecular formula is C66H36I2N2. The number of nitrogens with zero attached hydrogens (tertiary/aromatic N) is 2. The molecule has 2 bridgehead atoms. The molecule has 2 nitrogen and oxygen atoms in total. The second kappa shape index (κ2) is 7.87. The predicted octanol–water partition coefficient (Wildman–Crippen LogP) is 5.80. The van der Waals surface area contributed by atoms with Crippen molar-refractivity contribution in [2.24, 2.45) is 11.3 Å². The van der Waals surface area contributed by atoms with Gasteiger partial charge in [-0.05, 0) is 265 Å². The van der Waals surface area contributed by atoms with Gasteiger partial charge in [-0.15, -0.1) is 0 Å². The van der Waals surface area contributed by atoms with Gasteiger partial charge in [0.1, 0.15) is 5.41 Å². The molecule has 2 aliphatic heterocycles. The largest absolute Gasteiger partial charge is 1.00 e. The molecule has 8 atom stereocenters. The molecule has 0 aromatic heterocycles. The van der Waals surface area contributed by atoms with Crippen molar-refractivity contribution in [2.45, 2.75) is 60.2 Å². The molecule has 3 spiro atoms. The summed E-state index contributed by atoms with van der Waals surface area (Å²) in [7, 11) is 10.6. The topological polar surface area (TPSA) is 0 Å². The summed E-state index contributed by atoms with van der Waals surface area (Å²) in [6.45, 7) is 7.91. The number of hydrogen-bond donors (Lipinski definition) is 0. The number of quaternary nitrogens is 2. The van der Waals surface area contributed by atoms with E-state index in [-0.39, 0.29) is 64.2 Å². The molecular weight excluding hydrogens is 1070 g/mol. The van der Waals surface area contributed by atoms with E-state index >= 15 is 0 Å². The fourth-order valence-corrected chi connectivity index (χ4v) is 27.0. The van der Waals surface area contributed by atoms with Gasteiger partial charge in [0, 0.05) is 23.7 Å². The second-order valence-electron chi connectivity index (χ2n) is 28.6. The lowest BCUT2D eigenvalue weighted by atomic mass is 9.43. The van der Waals surface area contributed by atoms with E-state index in [0.29, 0.717) is 35.5 Å². The summed E-state index contributed by atoms with van der Waals surface area (Å²) in [6.07, 6.45) is 7.80. The molecule has 70 heavy (non-hydrogen) atoms. The number of rotatable bonds is 0. The van der Waals surface area contributed by atoms with Crippen molar-refractivity contribution in [1.29, 1.82) is 0 Å². The van der Waals surface area contributed by atoms with Gasteiger partial charge in [-0.1, -0.05) is 19.1 Å². The summed E-state index contributed by atoms with van der Waals surface area (Å²) in [5.74, 6) is 3.05.